The first-order valence-corrected chi connectivity index (χ1v) is 7.07. The summed E-state index contributed by atoms with van der Waals surface area (Å²) < 4.78 is 21.6. The van der Waals surface area contributed by atoms with Crippen molar-refractivity contribution in [3.8, 4) is 0 Å². The predicted molar refractivity (Wildman–Crippen MR) is 63.6 cm³/mol. The summed E-state index contributed by atoms with van der Waals surface area (Å²) in [5, 5.41) is 9.96. The molecule has 0 aliphatic rings. The first-order valence-electron chi connectivity index (χ1n) is 4.38. The molecule has 0 fully saturated rings. The van der Waals surface area contributed by atoms with Crippen molar-refractivity contribution in [2.24, 2.45) is 0 Å². The van der Waals surface area contributed by atoms with Crippen molar-refractivity contribution in [2.75, 3.05) is 6.26 Å². The third-order valence-corrected chi connectivity index (χ3v) is 6.20. The number of hydrogen-bond acceptors (Lipinski definition) is 3. The standard InChI is InChI=1S/C10H13BrO3S/c1-10(11,15(2,13)14)9(12)8-6-4-3-5-7-8/h3-7,9,12H,1-2H3. The molecule has 0 saturated carbocycles. The highest BCUT2D eigenvalue weighted by molar-refractivity contribution is 9.11. The average Bonchev–Trinajstić information content (AvgIpc) is 2.16. The van der Waals surface area contributed by atoms with Gasteiger partial charge < -0.3 is 5.11 Å². The number of halogens is 1. The highest BCUT2D eigenvalue weighted by atomic mass is 79.9. The Hall–Kier alpha value is -0.390. The Morgan fingerprint density at radius 2 is 1.80 bits per heavy atom. The van der Waals surface area contributed by atoms with E-state index in [4.69, 9.17) is 0 Å². The Morgan fingerprint density at radius 3 is 2.20 bits per heavy atom. The lowest BCUT2D eigenvalue weighted by Gasteiger charge is -2.26. The number of sulfone groups is 1. The molecule has 0 radical (unpaired) electrons. The van der Waals surface area contributed by atoms with Gasteiger partial charge in [0.05, 0.1) is 0 Å². The van der Waals surface area contributed by atoms with E-state index in [0.29, 0.717) is 5.56 Å². The molecule has 0 heterocycles. The molecular formula is C10H13BrO3S. The molecule has 1 N–H and O–H groups in total. The largest absolute Gasteiger partial charge is 0.386 e. The molecular weight excluding hydrogens is 280 g/mol. The van der Waals surface area contributed by atoms with E-state index in [1.54, 1.807) is 24.3 Å². The number of benzene rings is 1. The molecule has 0 aromatic heterocycles. The van der Waals surface area contributed by atoms with E-state index >= 15 is 0 Å². The molecule has 0 spiro atoms. The maximum atomic E-state index is 11.5. The van der Waals surface area contributed by atoms with E-state index in [9.17, 15) is 13.5 Å². The normalized spacial score (nSPS) is 18.1. The van der Waals surface area contributed by atoms with Crippen LogP contribution in [0.2, 0.25) is 0 Å². The molecule has 2 atom stereocenters. The molecule has 0 amide bonds. The number of aliphatic hydroxyl groups excluding tert-OH is 1. The van der Waals surface area contributed by atoms with Crippen LogP contribution in [-0.2, 0) is 9.84 Å². The van der Waals surface area contributed by atoms with Gasteiger partial charge in [0.2, 0.25) is 0 Å². The molecule has 0 aliphatic carbocycles. The Labute approximate surface area is 98.2 Å². The maximum Gasteiger partial charge on any atom is 0.165 e. The fraction of sp³-hybridized carbons (Fsp3) is 0.400. The van der Waals surface area contributed by atoms with Gasteiger partial charge in [-0.25, -0.2) is 8.42 Å². The summed E-state index contributed by atoms with van der Waals surface area (Å²) in [5.41, 5.74) is 0.572. The fourth-order valence-electron chi connectivity index (χ4n) is 1.14. The molecule has 1 aromatic carbocycles. The van der Waals surface area contributed by atoms with E-state index in [0.717, 1.165) is 6.26 Å². The van der Waals surface area contributed by atoms with Gasteiger partial charge in [-0.05, 0) is 12.5 Å². The van der Waals surface area contributed by atoms with Gasteiger partial charge in [-0.1, -0.05) is 46.3 Å². The summed E-state index contributed by atoms with van der Waals surface area (Å²) in [6.45, 7) is 1.44. The van der Waals surface area contributed by atoms with Crippen molar-refractivity contribution in [1.82, 2.24) is 0 Å². The van der Waals surface area contributed by atoms with Gasteiger partial charge in [0.25, 0.3) is 0 Å². The third-order valence-electron chi connectivity index (χ3n) is 2.33. The Bertz CT molecular complexity index is 425. The zero-order chi connectivity index (χ0) is 11.7. The second-order valence-corrected chi connectivity index (χ2v) is 8.14. The maximum absolute atomic E-state index is 11.5. The Balaban J connectivity index is 3.11. The van der Waals surface area contributed by atoms with Crippen LogP contribution in [0.3, 0.4) is 0 Å². The lowest BCUT2D eigenvalue weighted by Crippen LogP contribution is -2.34. The van der Waals surface area contributed by atoms with Gasteiger partial charge in [0.1, 0.15) is 6.10 Å². The summed E-state index contributed by atoms with van der Waals surface area (Å²) >= 11 is 3.07. The van der Waals surface area contributed by atoms with Gasteiger partial charge >= 0.3 is 0 Å². The first-order chi connectivity index (χ1) is 6.77. The fourth-order valence-corrected chi connectivity index (χ4v) is 1.94. The molecule has 2 unspecified atom stereocenters. The molecule has 0 saturated heterocycles. The quantitative estimate of drug-likeness (QED) is 0.866. The summed E-state index contributed by atoms with van der Waals surface area (Å²) in [6, 6.07) is 8.70. The monoisotopic (exact) mass is 292 g/mol. The number of rotatable bonds is 3. The van der Waals surface area contributed by atoms with Crippen molar-refractivity contribution in [3.05, 3.63) is 35.9 Å². The van der Waals surface area contributed by atoms with Gasteiger partial charge in [-0.15, -0.1) is 0 Å². The van der Waals surface area contributed by atoms with Crippen molar-refractivity contribution < 1.29 is 13.5 Å². The second-order valence-electron chi connectivity index (χ2n) is 3.57. The van der Waals surface area contributed by atoms with Crippen molar-refractivity contribution in [2.45, 2.75) is 16.7 Å². The summed E-state index contributed by atoms with van der Waals surface area (Å²) in [6.07, 6.45) is 0.00201. The van der Waals surface area contributed by atoms with Crippen LogP contribution >= 0.6 is 15.9 Å². The van der Waals surface area contributed by atoms with Crippen LogP contribution in [0.4, 0.5) is 0 Å². The molecule has 3 nitrogen and oxygen atoms in total. The van der Waals surface area contributed by atoms with Crippen molar-refractivity contribution >= 4 is 25.8 Å². The molecule has 15 heavy (non-hydrogen) atoms. The highest BCUT2D eigenvalue weighted by Crippen LogP contribution is 2.37. The minimum Gasteiger partial charge on any atom is -0.386 e. The minimum absolute atomic E-state index is 0.572. The molecule has 1 rings (SSSR count). The van der Waals surface area contributed by atoms with Gasteiger partial charge in [0, 0.05) is 6.26 Å². The van der Waals surface area contributed by atoms with E-state index in [1.807, 2.05) is 6.07 Å². The molecule has 84 valence electrons. The SMILES string of the molecule is CC(Br)(C(O)c1ccccc1)S(C)(=O)=O. The highest BCUT2D eigenvalue weighted by Gasteiger charge is 2.41. The first kappa shape index (κ1) is 12.7. The van der Waals surface area contributed by atoms with Crippen LogP contribution in [0.1, 0.15) is 18.6 Å². The molecule has 0 bridgehead atoms. The van der Waals surface area contributed by atoms with Gasteiger partial charge in [-0.3, -0.25) is 0 Å². The summed E-state index contributed by atoms with van der Waals surface area (Å²) in [4.78, 5) is 0. The van der Waals surface area contributed by atoms with Crippen molar-refractivity contribution in [1.29, 1.82) is 0 Å². The Morgan fingerprint density at radius 1 is 1.33 bits per heavy atom. The molecule has 5 heteroatoms. The van der Waals surface area contributed by atoms with Crippen LogP contribution in [0, 0.1) is 0 Å². The van der Waals surface area contributed by atoms with Gasteiger partial charge in [-0.2, -0.15) is 0 Å². The predicted octanol–water partition coefficient (Wildman–Crippen LogP) is 1.88. The average molecular weight is 293 g/mol. The lowest BCUT2D eigenvalue weighted by atomic mass is 10.1. The van der Waals surface area contributed by atoms with Gasteiger partial charge in [0.15, 0.2) is 13.5 Å². The summed E-state index contributed by atoms with van der Waals surface area (Å²) in [5.74, 6) is 0. The summed E-state index contributed by atoms with van der Waals surface area (Å²) in [7, 11) is -3.38. The van der Waals surface area contributed by atoms with Crippen molar-refractivity contribution in [3.63, 3.8) is 0 Å². The van der Waals surface area contributed by atoms with Crippen LogP contribution in [0.15, 0.2) is 30.3 Å². The minimum atomic E-state index is -3.38. The molecule has 1 aromatic rings. The third kappa shape index (κ3) is 2.59. The van der Waals surface area contributed by atoms with Crippen LogP contribution < -0.4 is 0 Å². The van der Waals surface area contributed by atoms with E-state index in [-0.39, 0.29) is 0 Å². The number of hydrogen-bond donors (Lipinski definition) is 1. The van der Waals surface area contributed by atoms with Crippen LogP contribution in [0.25, 0.3) is 0 Å². The smallest absolute Gasteiger partial charge is 0.165 e. The van der Waals surface area contributed by atoms with E-state index in [1.165, 1.54) is 6.92 Å². The topological polar surface area (TPSA) is 54.4 Å². The zero-order valence-electron chi connectivity index (χ0n) is 8.51. The number of aliphatic hydroxyl groups is 1. The van der Waals surface area contributed by atoms with E-state index < -0.39 is 19.6 Å². The number of alkyl halides is 1. The Kier molecular flexibility index (Phi) is 3.58. The second kappa shape index (κ2) is 4.23. The zero-order valence-corrected chi connectivity index (χ0v) is 10.9. The lowest BCUT2D eigenvalue weighted by molar-refractivity contribution is 0.168. The van der Waals surface area contributed by atoms with E-state index in [2.05, 4.69) is 15.9 Å². The van der Waals surface area contributed by atoms with Crippen LogP contribution in [-0.4, -0.2) is 23.4 Å². The molecule has 0 aliphatic heterocycles. The van der Waals surface area contributed by atoms with Crippen LogP contribution in [0.5, 0.6) is 0 Å².